The molecule has 0 radical (unpaired) electrons. The summed E-state index contributed by atoms with van der Waals surface area (Å²) >= 11 is 0. The molecule has 2 fully saturated rings. The van der Waals surface area contributed by atoms with Crippen molar-refractivity contribution in [1.82, 2.24) is 0 Å². The van der Waals surface area contributed by atoms with Crippen LogP contribution in [-0.2, 0) is 9.47 Å². The minimum atomic E-state index is -0.226. The second-order valence-corrected chi connectivity index (χ2v) is 5.67. The molecular formula is C12H22O2. The average molecular weight is 198 g/mol. The number of rotatable bonds is 0. The molecule has 1 saturated carbocycles. The van der Waals surface area contributed by atoms with E-state index in [0.717, 1.165) is 26.1 Å². The molecule has 14 heavy (non-hydrogen) atoms. The standard InChI is InChI=1S/C12H22O2/c1-11(2,3)10-6-4-7-12(10)13-8-5-9-14-12/h10H,4-9H2,1-3H3. The van der Waals surface area contributed by atoms with Crippen LogP contribution in [0, 0.1) is 11.3 Å². The largest absolute Gasteiger partial charge is 0.350 e. The molecule has 1 aliphatic carbocycles. The third-order valence-corrected chi connectivity index (χ3v) is 3.58. The van der Waals surface area contributed by atoms with Gasteiger partial charge in [-0.15, -0.1) is 0 Å². The third kappa shape index (κ3) is 1.70. The van der Waals surface area contributed by atoms with Gasteiger partial charge in [0.1, 0.15) is 0 Å². The van der Waals surface area contributed by atoms with Gasteiger partial charge in [-0.3, -0.25) is 0 Å². The molecule has 0 bridgehead atoms. The highest BCUT2D eigenvalue weighted by atomic mass is 16.7. The fraction of sp³-hybridized carbons (Fsp3) is 1.00. The molecule has 2 aliphatic rings. The summed E-state index contributed by atoms with van der Waals surface area (Å²) in [7, 11) is 0. The fourth-order valence-corrected chi connectivity index (χ4v) is 2.98. The minimum absolute atomic E-state index is 0.226. The highest BCUT2D eigenvalue weighted by Gasteiger charge is 2.51. The van der Waals surface area contributed by atoms with Crippen molar-refractivity contribution in [3.8, 4) is 0 Å². The summed E-state index contributed by atoms with van der Waals surface area (Å²) in [6.45, 7) is 8.66. The molecule has 2 heteroatoms. The molecule has 0 aromatic carbocycles. The molecule has 1 heterocycles. The first-order valence-corrected chi connectivity index (χ1v) is 5.82. The lowest BCUT2D eigenvalue weighted by Gasteiger charge is -2.44. The van der Waals surface area contributed by atoms with E-state index in [4.69, 9.17) is 9.47 Å². The Kier molecular flexibility index (Phi) is 2.61. The van der Waals surface area contributed by atoms with Gasteiger partial charge < -0.3 is 9.47 Å². The Morgan fingerprint density at radius 3 is 2.29 bits per heavy atom. The van der Waals surface area contributed by atoms with E-state index in [-0.39, 0.29) is 5.79 Å². The van der Waals surface area contributed by atoms with Crippen LogP contribution in [0.15, 0.2) is 0 Å². The van der Waals surface area contributed by atoms with Crippen molar-refractivity contribution in [3.05, 3.63) is 0 Å². The molecule has 82 valence electrons. The van der Waals surface area contributed by atoms with Gasteiger partial charge in [-0.1, -0.05) is 20.8 Å². The second kappa shape index (κ2) is 3.49. The molecule has 0 aromatic heterocycles. The van der Waals surface area contributed by atoms with Crippen molar-refractivity contribution < 1.29 is 9.47 Å². The number of ether oxygens (including phenoxy) is 2. The van der Waals surface area contributed by atoms with Crippen LogP contribution in [0.3, 0.4) is 0 Å². The van der Waals surface area contributed by atoms with Crippen LogP contribution in [0.1, 0.15) is 46.5 Å². The Hall–Kier alpha value is -0.0800. The lowest BCUT2D eigenvalue weighted by molar-refractivity contribution is -0.296. The molecule has 1 aliphatic heterocycles. The van der Waals surface area contributed by atoms with Crippen LogP contribution in [0.2, 0.25) is 0 Å². The SMILES string of the molecule is CC(C)(C)C1CCCC12OCCCO2. The van der Waals surface area contributed by atoms with Crippen molar-refractivity contribution in [2.24, 2.45) is 11.3 Å². The molecule has 1 saturated heterocycles. The Labute approximate surface area is 87.0 Å². The zero-order valence-corrected chi connectivity index (χ0v) is 9.64. The van der Waals surface area contributed by atoms with Gasteiger partial charge in [0.25, 0.3) is 0 Å². The van der Waals surface area contributed by atoms with E-state index in [1.54, 1.807) is 0 Å². The van der Waals surface area contributed by atoms with Gasteiger partial charge in [0.2, 0.25) is 0 Å². The van der Waals surface area contributed by atoms with Crippen LogP contribution >= 0.6 is 0 Å². The van der Waals surface area contributed by atoms with Gasteiger partial charge in [0.05, 0.1) is 13.2 Å². The zero-order valence-electron chi connectivity index (χ0n) is 9.64. The first-order chi connectivity index (χ1) is 6.55. The highest BCUT2D eigenvalue weighted by Crippen LogP contribution is 2.49. The lowest BCUT2D eigenvalue weighted by Crippen LogP contribution is -2.48. The van der Waals surface area contributed by atoms with E-state index in [1.807, 2.05) is 0 Å². The summed E-state index contributed by atoms with van der Waals surface area (Å²) in [5.74, 6) is 0.339. The maximum absolute atomic E-state index is 5.94. The van der Waals surface area contributed by atoms with Crippen LogP contribution < -0.4 is 0 Å². The van der Waals surface area contributed by atoms with Crippen molar-refractivity contribution >= 4 is 0 Å². The topological polar surface area (TPSA) is 18.5 Å². The third-order valence-electron chi connectivity index (χ3n) is 3.58. The van der Waals surface area contributed by atoms with E-state index in [9.17, 15) is 0 Å². The smallest absolute Gasteiger partial charge is 0.171 e. The van der Waals surface area contributed by atoms with Crippen molar-refractivity contribution in [1.29, 1.82) is 0 Å². The minimum Gasteiger partial charge on any atom is -0.350 e. The van der Waals surface area contributed by atoms with Crippen LogP contribution in [0.4, 0.5) is 0 Å². The average Bonchev–Trinajstić information content (AvgIpc) is 2.49. The van der Waals surface area contributed by atoms with E-state index < -0.39 is 0 Å². The maximum Gasteiger partial charge on any atom is 0.171 e. The van der Waals surface area contributed by atoms with Crippen molar-refractivity contribution in [2.75, 3.05) is 13.2 Å². The molecule has 1 unspecified atom stereocenters. The van der Waals surface area contributed by atoms with Crippen molar-refractivity contribution in [2.45, 2.75) is 52.2 Å². The quantitative estimate of drug-likeness (QED) is 0.596. The zero-order chi connectivity index (χ0) is 10.2. The predicted molar refractivity (Wildman–Crippen MR) is 56.0 cm³/mol. The molecular weight excluding hydrogens is 176 g/mol. The summed E-state index contributed by atoms with van der Waals surface area (Å²) < 4.78 is 11.9. The van der Waals surface area contributed by atoms with E-state index >= 15 is 0 Å². The Morgan fingerprint density at radius 2 is 1.71 bits per heavy atom. The first-order valence-electron chi connectivity index (χ1n) is 5.82. The highest BCUT2D eigenvalue weighted by molar-refractivity contribution is 4.94. The molecule has 1 atom stereocenters. The van der Waals surface area contributed by atoms with Gasteiger partial charge in [0.15, 0.2) is 5.79 Å². The van der Waals surface area contributed by atoms with Crippen LogP contribution in [0.5, 0.6) is 0 Å². The Morgan fingerprint density at radius 1 is 1.07 bits per heavy atom. The maximum atomic E-state index is 5.94. The van der Waals surface area contributed by atoms with E-state index in [0.29, 0.717) is 11.3 Å². The molecule has 0 aromatic rings. The van der Waals surface area contributed by atoms with E-state index in [2.05, 4.69) is 20.8 Å². The normalized spacial score (nSPS) is 32.4. The predicted octanol–water partition coefficient (Wildman–Crippen LogP) is 2.97. The number of hydrogen-bond donors (Lipinski definition) is 0. The van der Waals surface area contributed by atoms with Gasteiger partial charge in [0, 0.05) is 12.3 Å². The summed E-state index contributed by atoms with van der Waals surface area (Å²) in [5.41, 5.74) is 0.299. The van der Waals surface area contributed by atoms with Gasteiger partial charge in [-0.25, -0.2) is 0 Å². The summed E-state index contributed by atoms with van der Waals surface area (Å²) in [6.07, 6.45) is 4.65. The summed E-state index contributed by atoms with van der Waals surface area (Å²) in [4.78, 5) is 0. The second-order valence-electron chi connectivity index (χ2n) is 5.67. The molecule has 2 nitrogen and oxygen atoms in total. The van der Waals surface area contributed by atoms with Gasteiger partial charge in [-0.05, 0) is 24.7 Å². The summed E-state index contributed by atoms with van der Waals surface area (Å²) in [6, 6.07) is 0. The van der Waals surface area contributed by atoms with Gasteiger partial charge >= 0.3 is 0 Å². The van der Waals surface area contributed by atoms with E-state index in [1.165, 1.54) is 12.8 Å². The first kappa shape index (κ1) is 10.4. The van der Waals surface area contributed by atoms with Crippen molar-refractivity contribution in [3.63, 3.8) is 0 Å². The monoisotopic (exact) mass is 198 g/mol. The Bertz CT molecular complexity index is 199. The van der Waals surface area contributed by atoms with Crippen LogP contribution in [0.25, 0.3) is 0 Å². The lowest BCUT2D eigenvalue weighted by atomic mass is 9.76. The molecule has 0 amide bonds. The molecule has 1 spiro atoms. The number of hydrogen-bond acceptors (Lipinski definition) is 2. The van der Waals surface area contributed by atoms with Gasteiger partial charge in [-0.2, -0.15) is 0 Å². The van der Waals surface area contributed by atoms with Crippen LogP contribution in [-0.4, -0.2) is 19.0 Å². The Balaban J connectivity index is 2.16. The summed E-state index contributed by atoms with van der Waals surface area (Å²) in [5, 5.41) is 0. The molecule has 0 N–H and O–H groups in total. The molecule has 2 rings (SSSR count). The fourth-order valence-electron chi connectivity index (χ4n) is 2.98.